The topological polar surface area (TPSA) is 12.9 Å². The fourth-order valence-electron chi connectivity index (χ4n) is 1.08. The Bertz CT molecular complexity index is 324. The molecule has 0 aliphatic rings. The molecule has 0 N–H and O–H groups in total. The molecule has 0 radical (unpaired) electrons. The minimum Gasteiger partial charge on any atom is -0.257 e. The van der Waals surface area contributed by atoms with Crippen molar-refractivity contribution in [1.29, 1.82) is 0 Å². The van der Waals surface area contributed by atoms with E-state index in [1.807, 2.05) is 12.3 Å². The summed E-state index contributed by atoms with van der Waals surface area (Å²) in [6.07, 6.45) is 7.34. The summed E-state index contributed by atoms with van der Waals surface area (Å²) in [5.41, 5.74) is 2.58. The molecule has 1 heteroatoms. The van der Waals surface area contributed by atoms with Gasteiger partial charge in [0, 0.05) is 6.20 Å². The van der Waals surface area contributed by atoms with Gasteiger partial charge in [-0.3, -0.25) is 4.98 Å². The molecule has 0 aliphatic carbocycles. The maximum absolute atomic E-state index is 4.29. The molecule has 1 heterocycles. The SMILES string of the molecule is CCC(C)(C)/C=C/c1cc(C)ccn1. The van der Waals surface area contributed by atoms with Crippen molar-refractivity contribution >= 4 is 6.08 Å². The molecule has 1 nitrogen and oxygen atoms in total. The maximum Gasteiger partial charge on any atom is 0.0629 e. The first-order valence-electron chi connectivity index (χ1n) is 5.15. The Morgan fingerprint density at radius 3 is 2.71 bits per heavy atom. The quantitative estimate of drug-likeness (QED) is 0.704. The van der Waals surface area contributed by atoms with E-state index in [1.54, 1.807) is 0 Å². The zero-order chi connectivity index (χ0) is 10.6. The van der Waals surface area contributed by atoms with Crippen molar-refractivity contribution in [3.05, 3.63) is 35.7 Å². The van der Waals surface area contributed by atoms with Crippen molar-refractivity contribution in [2.75, 3.05) is 0 Å². The number of hydrogen-bond acceptors (Lipinski definition) is 1. The van der Waals surface area contributed by atoms with Gasteiger partial charge in [-0.05, 0) is 42.5 Å². The number of aryl methyl sites for hydroxylation is 1. The molecule has 0 fully saturated rings. The highest BCUT2D eigenvalue weighted by Crippen LogP contribution is 2.22. The van der Waals surface area contributed by atoms with Crippen LogP contribution in [0.5, 0.6) is 0 Å². The van der Waals surface area contributed by atoms with E-state index in [9.17, 15) is 0 Å². The number of allylic oxidation sites excluding steroid dienone is 1. The predicted molar refractivity (Wildman–Crippen MR) is 62.1 cm³/mol. The molecule has 76 valence electrons. The lowest BCUT2D eigenvalue weighted by Gasteiger charge is -2.16. The molecule has 0 aromatic carbocycles. The molecule has 1 aromatic rings. The van der Waals surface area contributed by atoms with Gasteiger partial charge in [-0.15, -0.1) is 0 Å². The summed E-state index contributed by atoms with van der Waals surface area (Å²) >= 11 is 0. The lowest BCUT2D eigenvalue weighted by Crippen LogP contribution is -2.04. The molecule has 0 saturated heterocycles. The average Bonchev–Trinajstić information content (AvgIpc) is 2.15. The zero-order valence-corrected chi connectivity index (χ0v) is 9.54. The Hall–Kier alpha value is -1.11. The van der Waals surface area contributed by atoms with Crippen molar-refractivity contribution in [2.24, 2.45) is 5.41 Å². The molecular weight excluding hydrogens is 170 g/mol. The average molecular weight is 189 g/mol. The maximum atomic E-state index is 4.29. The Labute approximate surface area is 86.9 Å². The van der Waals surface area contributed by atoms with Crippen LogP contribution in [0.2, 0.25) is 0 Å². The molecule has 0 spiro atoms. The summed E-state index contributed by atoms with van der Waals surface area (Å²) in [6, 6.07) is 4.12. The van der Waals surface area contributed by atoms with Crippen LogP contribution in [0.25, 0.3) is 6.08 Å². The highest BCUT2D eigenvalue weighted by molar-refractivity contribution is 5.46. The van der Waals surface area contributed by atoms with Gasteiger partial charge in [0.05, 0.1) is 5.69 Å². The number of rotatable bonds is 3. The Kier molecular flexibility index (Phi) is 3.45. The second kappa shape index (κ2) is 4.41. The normalized spacial score (nSPS) is 12.3. The van der Waals surface area contributed by atoms with Crippen molar-refractivity contribution in [1.82, 2.24) is 4.98 Å². The molecule has 0 aliphatic heterocycles. The largest absolute Gasteiger partial charge is 0.257 e. The third kappa shape index (κ3) is 3.33. The standard InChI is InChI=1S/C13H19N/c1-5-13(3,4)8-6-12-10-11(2)7-9-14-12/h6-10H,5H2,1-4H3/b8-6+. The molecule has 14 heavy (non-hydrogen) atoms. The summed E-state index contributed by atoms with van der Waals surface area (Å²) < 4.78 is 0. The smallest absolute Gasteiger partial charge is 0.0629 e. The molecule has 1 aromatic heterocycles. The molecule has 0 bridgehead atoms. The summed E-state index contributed by atoms with van der Waals surface area (Å²) in [5.74, 6) is 0. The summed E-state index contributed by atoms with van der Waals surface area (Å²) in [6.45, 7) is 8.76. The number of hydrogen-bond donors (Lipinski definition) is 0. The fraction of sp³-hybridized carbons (Fsp3) is 0.462. The second-order valence-electron chi connectivity index (χ2n) is 4.43. The van der Waals surface area contributed by atoms with Gasteiger partial charge >= 0.3 is 0 Å². The van der Waals surface area contributed by atoms with E-state index in [2.05, 4.69) is 50.9 Å². The number of pyridine rings is 1. The van der Waals surface area contributed by atoms with E-state index in [0.29, 0.717) is 0 Å². The van der Waals surface area contributed by atoms with Crippen LogP contribution < -0.4 is 0 Å². The third-order valence-electron chi connectivity index (χ3n) is 2.55. The Balaban J connectivity index is 2.78. The summed E-state index contributed by atoms with van der Waals surface area (Å²) in [7, 11) is 0. The molecule has 0 saturated carbocycles. The van der Waals surface area contributed by atoms with Gasteiger partial charge in [-0.25, -0.2) is 0 Å². The number of nitrogens with zero attached hydrogens (tertiary/aromatic N) is 1. The van der Waals surface area contributed by atoms with Gasteiger partial charge in [0.1, 0.15) is 0 Å². The summed E-state index contributed by atoms with van der Waals surface area (Å²) in [4.78, 5) is 4.29. The van der Waals surface area contributed by atoms with Crippen molar-refractivity contribution in [2.45, 2.75) is 34.1 Å². The first-order chi connectivity index (χ1) is 6.53. The molecule has 0 unspecified atom stereocenters. The third-order valence-corrected chi connectivity index (χ3v) is 2.55. The van der Waals surface area contributed by atoms with Gasteiger partial charge in [0.15, 0.2) is 0 Å². The van der Waals surface area contributed by atoms with Crippen LogP contribution in [-0.2, 0) is 0 Å². The van der Waals surface area contributed by atoms with Crippen molar-refractivity contribution in [3.8, 4) is 0 Å². The Morgan fingerprint density at radius 2 is 2.14 bits per heavy atom. The Morgan fingerprint density at radius 1 is 1.43 bits per heavy atom. The van der Waals surface area contributed by atoms with E-state index in [1.165, 1.54) is 5.56 Å². The van der Waals surface area contributed by atoms with Crippen LogP contribution in [0.4, 0.5) is 0 Å². The van der Waals surface area contributed by atoms with E-state index in [4.69, 9.17) is 0 Å². The molecule has 1 rings (SSSR count). The zero-order valence-electron chi connectivity index (χ0n) is 9.54. The van der Waals surface area contributed by atoms with E-state index in [0.717, 1.165) is 12.1 Å². The van der Waals surface area contributed by atoms with E-state index >= 15 is 0 Å². The van der Waals surface area contributed by atoms with Gasteiger partial charge in [-0.2, -0.15) is 0 Å². The highest BCUT2D eigenvalue weighted by atomic mass is 14.7. The van der Waals surface area contributed by atoms with Crippen LogP contribution in [-0.4, -0.2) is 4.98 Å². The van der Waals surface area contributed by atoms with Crippen LogP contribution in [0.1, 0.15) is 38.4 Å². The molecule has 0 amide bonds. The van der Waals surface area contributed by atoms with Crippen LogP contribution in [0, 0.1) is 12.3 Å². The summed E-state index contributed by atoms with van der Waals surface area (Å²) in [5, 5.41) is 0. The highest BCUT2D eigenvalue weighted by Gasteiger charge is 2.09. The van der Waals surface area contributed by atoms with Crippen LogP contribution in [0.15, 0.2) is 24.4 Å². The van der Waals surface area contributed by atoms with E-state index in [-0.39, 0.29) is 5.41 Å². The lowest BCUT2D eigenvalue weighted by molar-refractivity contribution is 0.464. The molecule has 0 atom stereocenters. The van der Waals surface area contributed by atoms with Gasteiger partial charge in [-0.1, -0.05) is 26.8 Å². The van der Waals surface area contributed by atoms with Gasteiger partial charge in [0.2, 0.25) is 0 Å². The van der Waals surface area contributed by atoms with Gasteiger partial charge < -0.3 is 0 Å². The molecular formula is C13H19N. The van der Waals surface area contributed by atoms with Gasteiger partial charge in [0.25, 0.3) is 0 Å². The first-order valence-corrected chi connectivity index (χ1v) is 5.15. The lowest BCUT2D eigenvalue weighted by atomic mass is 9.90. The van der Waals surface area contributed by atoms with E-state index < -0.39 is 0 Å². The minimum atomic E-state index is 0.269. The first kappa shape index (κ1) is 11.0. The fourth-order valence-corrected chi connectivity index (χ4v) is 1.08. The second-order valence-corrected chi connectivity index (χ2v) is 4.43. The monoisotopic (exact) mass is 189 g/mol. The van der Waals surface area contributed by atoms with Crippen molar-refractivity contribution in [3.63, 3.8) is 0 Å². The number of aromatic nitrogens is 1. The predicted octanol–water partition coefficient (Wildman–Crippen LogP) is 3.84. The van der Waals surface area contributed by atoms with Crippen LogP contribution in [0.3, 0.4) is 0 Å². The van der Waals surface area contributed by atoms with Crippen molar-refractivity contribution < 1.29 is 0 Å². The van der Waals surface area contributed by atoms with Crippen LogP contribution >= 0.6 is 0 Å². The minimum absolute atomic E-state index is 0.269.